The quantitative estimate of drug-likeness (QED) is 0.472. The first-order chi connectivity index (χ1) is 13.6. The molecule has 0 radical (unpaired) electrons. The molecule has 1 heterocycles. The van der Waals surface area contributed by atoms with Gasteiger partial charge in [-0.25, -0.2) is 17.9 Å². The summed E-state index contributed by atoms with van der Waals surface area (Å²) in [7, 11) is -1.86. The van der Waals surface area contributed by atoms with Crippen LogP contribution in [0, 0.1) is 13.8 Å². The Labute approximate surface area is 168 Å². The summed E-state index contributed by atoms with van der Waals surface area (Å²) in [5.74, 6) is -1.01. The average molecular weight is 412 g/mol. The number of benzene rings is 2. The zero-order chi connectivity index (χ0) is 21.3. The molecule has 3 aromatic rings. The maximum absolute atomic E-state index is 13.1. The van der Waals surface area contributed by atoms with Crippen LogP contribution >= 0.6 is 0 Å². The second-order valence-corrected chi connectivity index (χ2v) is 8.74. The highest BCUT2D eigenvalue weighted by atomic mass is 32.2. The number of aromatic nitrogens is 2. The molecule has 1 aromatic heterocycles. The van der Waals surface area contributed by atoms with E-state index in [2.05, 4.69) is 5.10 Å². The number of hydrogen-bond donors (Lipinski definition) is 0. The standard InChI is InChI=1S/C21H20N2O5S/c1-13-10-16(11-14(2)19(13)29(4,26)27)18(24)17-12-22-23(3)20(17)28-21(25)15-8-6-5-7-9-15/h5-12H,1-4H3. The zero-order valence-corrected chi connectivity index (χ0v) is 17.3. The lowest BCUT2D eigenvalue weighted by Gasteiger charge is -2.11. The van der Waals surface area contributed by atoms with Gasteiger partial charge in [-0.15, -0.1) is 0 Å². The summed E-state index contributed by atoms with van der Waals surface area (Å²) in [5, 5.41) is 4.03. The third-order valence-corrected chi connectivity index (χ3v) is 5.81. The number of esters is 1. The number of carbonyl (C=O) groups is 2. The summed E-state index contributed by atoms with van der Waals surface area (Å²) < 4.78 is 30.7. The first-order valence-electron chi connectivity index (χ1n) is 8.75. The molecule has 0 N–H and O–H groups in total. The molecule has 0 bridgehead atoms. The largest absolute Gasteiger partial charge is 0.403 e. The summed E-state index contributed by atoms with van der Waals surface area (Å²) in [6.07, 6.45) is 2.46. The van der Waals surface area contributed by atoms with Crippen molar-refractivity contribution >= 4 is 21.6 Å². The molecule has 8 heteroatoms. The van der Waals surface area contributed by atoms with Crippen LogP contribution in [-0.2, 0) is 16.9 Å². The third kappa shape index (κ3) is 4.12. The van der Waals surface area contributed by atoms with Gasteiger partial charge in [0, 0.05) is 18.9 Å². The Morgan fingerprint density at radius 3 is 2.14 bits per heavy atom. The lowest BCUT2D eigenvalue weighted by Crippen LogP contribution is -2.14. The van der Waals surface area contributed by atoms with Gasteiger partial charge in [0.05, 0.1) is 16.7 Å². The molecule has 0 aliphatic heterocycles. The van der Waals surface area contributed by atoms with Gasteiger partial charge >= 0.3 is 5.97 Å². The molecule has 2 aromatic carbocycles. The molecule has 0 saturated heterocycles. The van der Waals surface area contributed by atoms with E-state index >= 15 is 0 Å². The number of sulfone groups is 1. The monoisotopic (exact) mass is 412 g/mol. The lowest BCUT2D eigenvalue weighted by molar-refractivity contribution is 0.0718. The normalized spacial score (nSPS) is 11.3. The Hall–Kier alpha value is -3.26. The Kier molecular flexibility index (Phi) is 5.39. The summed E-state index contributed by atoms with van der Waals surface area (Å²) in [4.78, 5) is 25.7. The van der Waals surface area contributed by atoms with Crippen LogP contribution in [0.3, 0.4) is 0 Å². The highest BCUT2D eigenvalue weighted by Gasteiger charge is 2.24. The van der Waals surface area contributed by atoms with Crippen LogP contribution in [0.4, 0.5) is 0 Å². The van der Waals surface area contributed by atoms with Crippen LogP contribution in [-0.4, -0.2) is 36.2 Å². The molecule has 150 valence electrons. The minimum Gasteiger partial charge on any atom is -0.403 e. The van der Waals surface area contributed by atoms with Crippen LogP contribution in [0.2, 0.25) is 0 Å². The molecule has 0 saturated carbocycles. The van der Waals surface area contributed by atoms with Crippen molar-refractivity contribution in [3.63, 3.8) is 0 Å². The number of hydrogen-bond acceptors (Lipinski definition) is 6. The molecule has 0 spiro atoms. The highest BCUT2D eigenvalue weighted by Crippen LogP contribution is 2.26. The Morgan fingerprint density at radius 1 is 1.00 bits per heavy atom. The number of carbonyl (C=O) groups excluding carboxylic acids is 2. The van der Waals surface area contributed by atoms with Gasteiger partial charge in [0.2, 0.25) is 5.88 Å². The van der Waals surface area contributed by atoms with Crippen molar-refractivity contribution in [1.82, 2.24) is 9.78 Å². The molecule has 0 amide bonds. The molecule has 29 heavy (non-hydrogen) atoms. The van der Waals surface area contributed by atoms with E-state index in [1.54, 1.807) is 51.2 Å². The summed E-state index contributed by atoms with van der Waals surface area (Å²) in [6, 6.07) is 11.4. The summed E-state index contributed by atoms with van der Waals surface area (Å²) >= 11 is 0. The van der Waals surface area contributed by atoms with Gasteiger partial charge in [0.15, 0.2) is 15.6 Å². The van der Waals surface area contributed by atoms with Crippen molar-refractivity contribution in [2.75, 3.05) is 6.26 Å². The van der Waals surface area contributed by atoms with Crippen molar-refractivity contribution in [1.29, 1.82) is 0 Å². The Balaban J connectivity index is 1.99. The first-order valence-corrected chi connectivity index (χ1v) is 10.6. The van der Waals surface area contributed by atoms with Crippen LogP contribution in [0.1, 0.15) is 37.4 Å². The lowest BCUT2D eigenvalue weighted by atomic mass is 10.0. The minimum absolute atomic E-state index is 0.0198. The van der Waals surface area contributed by atoms with E-state index in [0.717, 1.165) is 6.26 Å². The predicted molar refractivity (Wildman–Crippen MR) is 107 cm³/mol. The van der Waals surface area contributed by atoms with Gasteiger partial charge in [-0.2, -0.15) is 5.10 Å². The molecule has 3 rings (SSSR count). The third-order valence-electron chi connectivity index (χ3n) is 4.42. The highest BCUT2D eigenvalue weighted by molar-refractivity contribution is 7.90. The number of aryl methyl sites for hydroxylation is 3. The molecule has 0 fully saturated rings. The molecular weight excluding hydrogens is 392 g/mol. The van der Waals surface area contributed by atoms with Crippen LogP contribution in [0.15, 0.2) is 53.6 Å². The second kappa shape index (κ2) is 7.63. The molecule has 0 unspecified atom stereocenters. The van der Waals surface area contributed by atoms with E-state index in [1.165, 1.54) is 23.0 Å². The van der Waals surface area contributed by atoms with Gasteiger partial charge < -0.3 is 4.74 Å². The van der Waals surface area contributed by atoms with Gasteiger partial charge in [-0.05, 0) is 49.2 Å². The second-order valence-electron chi connectivity index (χ2n) is 6.78. The molecule has 0 aliphatic rings. The zero-order valence-electron chi connectivity index (χ0n) is 16.5. The Morgan fingerprint density at radius 2 is 1.59 bits per heavy atom. The SMILES string of the molecule is Cc1cc(C(=O)c2cnn(C)c2OC(=O)c2ccccc2)cc(C)c1S(C)(=O)=O. The molecule has 0 aliphatic carbocycles. The fraction of sp³-hybridized carbons (Fsp3) is 0.190. The number of ketones is 1. The van der Waals surface area contributed by atoms with Crippen molar-refractivity contribution in [3.05, 3.63) is 76.5 Å². The van der Waals surface area contributed by atoms with E-state index in [9.17, 15) is 18.0 Å². The van der Waals surface area contributed by atoms with Gasteiger partial charge in [0.1, 0.15) is 5.56 Å². The van der Waals surface area contributed by atoms with Gasteiger partial charge in [0.25, 0.3) is 0 Å². The van der Waals surface area contributed by atoms with E-state index in [0.29, 0.717) is 16.7 Å². The van der Waals surface area contributed by atoms with E-state index in [1.807, 2.05) is 0 Å². The maximum atomic E-state index is 13.1. The van der Waals surface area contributed by atoms with Gasteiger partial charge in [-0.3, -0.25) is 4.79 Å². The average Bonchev–Trinajstić information content (AvgIpc) is 3.00. The van der Waals surface area contributed by atoms with Crippen molar-refractivity contribution < 1.29 is 22.7 Å². The minimum atomic E-state index is -3.42. The smallest absolute Gasteiger partial charge is 0.344 e. The predicted octanol–water partition coefficient (Wildman–Crippen LogP) is 2.89. The number of nitrogens with zero attached hydrogens (tertiary/aromatic N) is 2. The number of ether oxygens (including phenoxy) is 1. The van der Waals surface area contributed by atoms with Crippen LogP contribution in [0.25, 0.3) is 0 Å². The van der Waals surface area contributed by atoms with Crippen molar-refractivity contribution in [2.24, 2.45) is 7.05 Å². The van der Waals surface area contributed by atoms with Gasteiger partial charge in [-0.1, -0.05) is 18.2 Å². The molecular formula is C21H20N2O5S. The fourth-order valence-electron chi connectivity index (χ4n) is 3.25. The molecule has 7 nitrogen and oxygen atoms in total. The summed E-state index contributed by atoms with van der Waals surface area (Å²) in [5.41, 5.74) is 1.70. The van der Waals surface area contributed by atoms with E-state index in [4.69, 9.17) is 4.74 Å². The topological polar surface area (TPSA) is 95.3 Å². The van der Waals surface area contributed by atoms with Crippen molar-refractivity contribution in [2.45, 2.75) is 18.7 Å². The van der Waals surface area contributed by atoms with E-state index < -0.39 is 21.6 Å². The summed E-state index contributed by atoms with van der Waals surface area (Å²) in [6.45, 7) is 3.28. The van der Waals surface area contributed by atoms with E-state index in [-0.39, 0.29) is 21.9 Å². The first kappa shape index (κ1) is 20.5. The maximum Gasteiger partial charge on any atom is 0.344 e. The van der Waals surface area contributed by atoms with Crippen molar-refractivity contribution in [3.8, 4) is 5.88 Å². The van der Waals surface area contributed by atoms with Crippen LogP contribution < -0.4 is 4.74 Å². The molecule has 0 atom stereocenters. The Bertz CT molecular complexity index is 1190. The fourth-order valence-corrected chi connectivity index (χ4v) is 4.53. The number of rotatable bonds is 5. The van der Waals surface area contributed by atoms with Crippen LogP contribution in [0.5, 0.6) is 5.88 Å².